The number of hydrogen-bond donors (Lipinski definition) is 2. The third kappa shape index (κ3) is 2.37. The van der Waals surface area contributed by atoms with Crippen LogP contribution >= 0.6 is 0 Å². The molecule has 1 fully saturated rings. The maximum absolute atomic E-state index is 6.17. The number of nitrogens with two attached hydrogens (primary N) is 2. The average Bonchev–Trinajstić information content (AvgIpc) is 3.11. The van der Waals surface area contributed by atoms with E-state index in [2.05, 4.69) is 45.8 Å². The summed E-state index contributed by atoms with van der Waals surface area (Å²) in [7, 11) is 0. The number of hydrogen-bond acceptors (Lipinski definition) is 6. The molecule has 1 aliphatic heterocycles. The van der Waals surface area contributed by atoms with Gasteiger partial charge in [-0.05, 0) is 43.5 Å². The summed E-state index contributed by atoms with van der Waals surface area (Å²) in [6.45, 7) is 5.88. The SMILES string of the molecule is Cc1cc2nc(N)n(-c3cc(N4CC[C@H](N)C4)ncn3)c2cc1C. The molecule has 0 amide bonds. The van der Waals surface area contributed by atoms with Gasteiger partial charge in [0.05, 0.1) is 11.0 Å². The van der Waals surface area contributed by atoms with E-state index in [1.165, 1.54) is 11.1 Å². The molecule has 1 aliphatic rings. The van der Waals surface area contributed by atoms with Crippen LogP contribution < -0.4 is 16.4 Å². The Bertz CT molecular complexity index is 915. The van der Waals surface area contributed by atoms with Crippen LogP contribution in [-0.2, 0) is 0 Å². The molecule has 4 N–H and O–H groups in total. The minimum atomic E-state index is 0.202. The van der Waals surface area contributed by atoms with Crippen molar-refractivity contribution in [3.05, 3.63) is 35.7 Å². The van der Waals surface area contributed by atoms with Gasteiger partial charge in [0.2, 0.25) is 5.95 Å². The molecule has 0 radical (unpaired) electrons. The predicted octanol–water partition coefficient (Wildman–Crippen LogP) is 1.55. The first-order valence-corrected chi connectivity index (χ1v) is 8.11. The summed E-state index contributed by atoms with van der Waals surface area (Å²) >= 11 is 0. The van der Waals surface area contributed by atoms with E-state index < -0.39 is 0 Å². The molecular weight excluding hydrogens is 302 g/mol. The number of anilines is 2. The number of benzene rings is 1. The summed E-state index contributed by atoms with van der Waals surface area (Å²) in [6, 6.07) is 6.30. The first kappa shape index (κ1) is 14.9. The third-order valence-corrected chi connectivity index (χ3v) is 4.71. The number of aromatic nitrogens is 4. The number of aryl methyl sites for hydroxylation is 2. The number of imidazole rings is 1. The molecule has 124 valence electrons. The monoisotopic (exact) mass is 323 g/mol. The van der Waals surface area contributed by atoms with E-state index in [9.17, 15) is 0 Å². The zero-order valence-electron chi connectivity index (χ0n) is 13.9. The Morgan fingerprint density at radius 2 is 1.83 bits per heavy atom. The van der Waals surface area contributed by atoms with Crippen LogP contribution in [0, 0.1) is 13.8 Å². The van der Waals surface area contributed by atoms with Crippen LogP contribution in [0.5, 0.6) is 0 Å². The molecule has 3 heterocycles. The smallest absolute Gasteiger partial charge is 0.207 e. The van der Waals surface area contributed by atoms with Gasteiger partial charge in [0, 0.05) is 25.2 Å². The van der Waals surface area contributed by atoms with Crippen molar-refractivity contribution in [3.63, 3.8) is 0 Å². The number of nitrogens with zero attached hydrogens (tertiary/aromatic N) is 5. The van der Waals surface area contributed by atoms with E-state index in [1.807, 2.05) is 10.6 Å². The minimum absolute atomic E-state index is 0.202. The van der Waals surface area contributed by atoms with E-state index in [-0.39, 0.29) is 6.04 Å². The largest absolute Gasteiger partial charge is 0.369 e. The lowest BCUT2D eigenvalue weighted by Crippen LogP contribution is -2.27. The Morgan fingerprint density at radius 3 is 2.58 bits per heavy atom. The van der Waals surface area contributed by atoms with Gasteiger partial charge >= 0.3 is 0 Å². The topological polar surface area (TPSA) is 98.9 Å². The van der Waals surface area contributed by atoms with Gasteiger partial charge < -0.3 is 16.4 Å². The van der Waals surface area contributed by atoms with Gasteiger partial charge in [0.25, 0.3) is 0 Å². The van der Waals surface area contributed by atoms with Crippen LogP contribution in [0.15, 0.2) is 24.5 Å². The van der Waals surface area contributed by atoms with Crippen molar-refractivity contribution in [1.29, 1.82) is 0 Å². The summed E-state index contributed by atoms with van der Waals surface area (Å²) in [5.74, 6) is 2.03. The molecule has 3 aromatic rings. The number of rotatable bonds is 2. The van der Waals surface area contributed by atoms with Crippen molar-refractivity contribution in [2.24, 2.45) is 5.73 Å². The van der Waals surface area contributed by atoms with Gasteiger partial charge in [-0.3, -0.25) is 4.57 Å². The van der Waals surface area contributed by atoms with Gasteiger partial charge in [-0.15, -0.1) is 0 Å². The van der Waals surface area contributed by atoms with Crippen molar-refractivity contribution in [2.45, 2.75) is 26.3 Å². The third-order valence-electron chi connectivity index (χ3n) is 4.71. The molecule has 1 saturated heterocycles. The Morgan fingerprint density at radius 1 is 1.08 bits per heavy atom. The highest BCUT2D eigenvalue weighted by Crippen LogP contribution is 2.26. The number of nitrogen functional groups attached to an aromatic ring is 1. The average molecular weight is 323 g/mol. The molecule has 0 unspecified atom stereocenters. The molecule has 2 aromatic heterocycles. The Kier molecular flexibility index (Phi) is 3.38. The lowest BCUT2D eigenvalue weighted by molar-refractivity contribution is 0.751. The summed E-state index contributed by atoms with van der Waals surface area (Å²) in [4.78, 5) is 15.5. The second-order valence-corrected chi connectivity index (χ2v) is 6.46. The maximum Gasteiger partial charge on any atom is 0.207 e. The molecule has 1 atom stereocenters. The lowest BCUT2D eigenvalue weighted by atomic mass is 10.1. The van der Waals surface area contributed by atoms with Crippen LogP contribution in [0.2, 0.25) is 0 Å². The molecule has 0 bridgehead atoms. The number of fused-ring (bicyclic) bond motifs is 1. The van der Waals surface area contributed by atoms with Gasteiger partial charge in [0.15, 0.2) is 0 Å². The molecular formula is C17H21N7. The molecule has 24 heavy (non-hydrogen) atoms. The van der Waals surface area contributed by atoms with Crippen LogP contribution in [0.1, 0.15) is 17.5 Å². The first-order chi connectivity index (χ1) is 11.5. The zero-order chi connectivity index (χ0) is 16.8. The van der Waals surface area contributed by atoms with Crippen molar-refractivity contribution in [1.82, 2.24) is 19.5 Å². The van der Waals surface area contributed by atoms with E-state index >= 15 is 0 Å². The fourth-order valence-electron chi connectivity index (χ4n) is 3.22. The predicted molar refractivity (Wildman–Crippen MR) is 95.4 cm³/mol. The van der Waals surface area contributed by atoms with E-state index in [0.29, 0.717) is 5.95 Å². The Balaban J connectivity index is 1.83. The molecule has 1 aromatic carbocycles. The second-order valence-electron chi connectivity index (χ2n) is 6.46. The van der Waals surface area contributed by atoms with Gasteiger partial charge in [-0.2, -0.15) is 0 Å². The van der Waals surface area contributed by atoms with Gasteiger partial charge in [-0.1, -0.05) is 0 Å². The highest BCUT2D eigenvalue weighted by atomic mass is 15.2. The lowest BCUT2D eigenvalue weighted by Gasteiger charge is -2.17. The van der Waals surface area contributed by atoms with Crippen molar-refractivity contribution >= 4 is 22.8 Å². The second kappa shape index (κ2) is 5.45. The van der Waals surface area contributed by atoms with E-state index in [4.69, 9.17) is 11.5 Å². The standard InChI is InChI=1S/C17H21N7/c1-10-5-13-14(6-11(10)2)24(17(19)22-13)16-7-15(20-9-21-16)23-4-3-12(18)8-23/h5-7,9,12H,3-4,8,18H2,1-2H3,(H2,19,22)/t12-/m0/s1. The van der Waals surface area contributed by atoms with E-state index in [0.717, 1.165) is 42.2 Å². The van der Waals surface area contributed by atoms with Crippen LogP contribution in [0.3, 0.4) is 0 Å². The summed E-state index contributed by atoms with van der Waals surface area (Å²) < 4.78 is 1.88. The van der Waals surface area contributed by atoms with Crippen LogP contribution in [-0.4, -0.2) is 38.7 Å². The van der Waals surface area contributed by atoms with Crippen molar-refractivity contribution in [3.8, 4) is 5.82 Å². The highest BCUT2D eigenvalue weighted by Gasteiger charge is 2.21. The van der Waals surface area contributed by atoms with Gasteiger partial charge in [0.1, 0.15) is 18.0 Å². The summed E-state index contributed by atoms with van der Waals surface area (Å²) in [6.07, 6.45) is 2.55. The molecule has 0 spiro atoms. The summed E-state index contributed by atoms with van der Waals surface area (Å²) in [5.41, 5.74) is 16.4. The minimum Gasteiger partial charge on any atom is -0.369 e. The first-order valence-electron chi connectivity index (χ1n) is 8.11. The highest BCUT2D eigenvalue weighted by molar-refractivity contribution is 5.82. The molecule has 7 heteroatoms. The molecule has 4 rings (SSSR count). The van der Waals surface area contributed by atoms with Gasteiger partial charge in [-0.25, -0.2) is 15.0 Å². The van der Waals surface area contributed by atoms with Crippen molar-refractivity contribution < 1.29 is 0 Å². The maximum atomic E-state index is 6.17. The van der Waals surface area contributed by atoms with Crippen molar-refractivity contribution in [2.75, 3.05) is 23.7 Å². The normalized spacial score (nSPS) is 17.8. The fourth-order valence-corrected chi connectivity index (χ4v) is 3.22. The van der Waals surface area contributed by atoms with E-state index in [1.54, 1.807) is 6.33 Å². The fraction of sp³-hybridized carbons (Fsp3) is 0.353. The summed E-state index contributed by atoms with van der Waals surface area (Å²) in [5, 5.41) is 0. The molecule has 0 aliphatic carbocycles. The Labute approximate surface area is 140 Å². The van der Waals surface area contributed by atoms with Crippen LogP contribution in [0.25, 0.3) is 16.9 Å². The zero-order valence-corrected chi connectivity index (χ0v) is 13.9. The quantitative estimate of drug-likeness (QED) is 0.742. The molecule has 0 saturated carbocycles. The molecule has 7 nitrogen and oxygen atoms in total. The van der Waals surface area contributed by atoms with Crippen LogP contribution in [0.4, 0.5) is 11.8 Å². The Hall–Kier alpha value is -2.67.